The number of esters is 1. The Balaban J connectivity index is 2.00. The van der Waals surface area contributed by atoms with Crippen LogP contribution in [0.4, 0.5) is 15.7 Å². The minimum absolute atomic E-state index is 0.117. The monoisotopic (exact) mass is 319 g/mol. The summed E-state index contributed by atoms with van der Waals surface area (Å²) in [6.07, 6.45) is 5.83. The number of nitrogens with zero attached hydrogens (tertiary/aromatic N) is 3. The van der Waals surface area contributed by atoms with Crippen LogP contribution in [0.5, 0.6) is 0 Å². The molecule has 2 aromatic heterocycles. The Morgan fingerprint density at radius 1 is 1.41 bits per heavy atom. The first-order valence-corrected chi connectivity index (χ1v) is 7.01. The molecule has 0 radical (unpaired) electrons. The molecule has 2 aromatic rings. The van der Waals surface area contributed by atoms with Gasteiger partial charge in [-0.25, -0.2) is 19.6 Å². The van der Waals surface area contributed by atoms with Crippen LogP contribution in [0.2, 0.25) is 0 Å². The topological polar surface area (TPSA) is 106 Å². The van der Waals surface area contributed by atoms with Crippen LogP contribution >= 0.6 is 11.3 Å². The van der Waals surface area contributed by atoms with Crippen molar-refractivity contribution in [3.05, 3.63) is 41.8 Å². The fourth-order valence-electron chi connectivity index (χ4n) is 1.45. The molecule has 0 spiro atoms. The van der Waals surface area contributed by atoms with Gasteiger partial charge in [-0.2, -0.15) is 0 Å². The van der Waals surface area contributed by atoms with Crippen molar-refractivity contribution < 1.29 is 14.3 Å². The average Bonchev–Trinajstić information content (AvgIpc) is 2.86. The highest BCUT2D eigenvalue weighted by molar-refractivity contribution is 7.17. The van der Waals surface area contributed by atoms with Gasteiger partial charge in [0.05, 0.1) is 11.9 Å². The highest BCUT2D eigenvalue weighted by Gasteiger charge is 2.17. The van der Waals surface area contributed by atoms with Crippen molar-refractivity contribution >= 4 is 34.3 Å². The van der Waals surface area contributed by atoms with Gasteiger partial charge in [0.1, 0.15) is 11.5 Å². The number of rotatable bonds is 5. The quantitative estimate of drug-likeness (QED) is 0.646. The maximum atomic E-state index is 11.8. The fraction of sp³-hybridized carbons (Fsp3) is 0.154. The predicted octanol–water partition coefficient (Wildman–Crippen LogP) is 2.23. The van der Waals surface area contributed by atoms with Crippen molar-refractivity contribution in [2.75, 3.05) is 17.2 Å². The Bertz CT molecular complexity index is 686. The number of carbonyl (C=O) groups is 2. The van der Waals surface area contributed by atoms with Gasteiger partial charge in [0, 0.05) is 12.4 Å². The standard InChI is InChI=1S/C13H13N5O3S/c1-3-6-21-11(19)10-8(2)16-13(22-10)18-12(20)17-9-7-14-4-5-15-9/h3-5,7H,1,6H2,2H3,(H2,15,16,17,18,20). The van der Waals surface area contributed by atoms with E-state index in [2.05, 4.69) is 32.2 Å². The molecule has 0 atom stereocenters. The lowest BCUT2D eigenvalue weighted by Gasteiger charge is -2.03. The highest BCUT2D eigenvalue weighted by atomic mass is 32.1. The minimum Gasteiger partial charge on any atom is -0.457 e. The molecule has 2 heterocycles. The van der Waals surface area contributed by atoms with Gasteiger partial charge < -0.3 is 4.74 Å². The van der Waals surface area contributed by atoms with E-state index in [9.17, 15) is 9.59 Å². The molecular weight excluding hydrogens is 306 g/mol. The second kappa shape index (κ2) is 7.27. The number of hydrogen-bond donors (Lipinski definition) is 2. The third kappa shape index (κ3) is 4.09. The van der Waals surface area contributed by atoms with Gasteiger partial charge in [-0.1, -0.05) is 24.0 Å². The predicted molar refractivity (Wildman–Crippen MR) is 82.0 cm³/mol. The zero-order valence-electron chi connectivity index (χ0n) is 11.7. The van der Waals surface area contributed by atoms with E-state index in [1.165, 1.54) is 24.7 Å². The van der Waals surface area contributed by atoms with Crippen LogP contribution in [0.15, 0.2) is 31.2 Å². The third-order valence-corrected chi connectivity index (χ3v) is 3.39. The molecule has 2 N–H and O–H groups in total. The maximum absolute atomic E-state index is 11.8. The first kappa shape index (κ1) is 15.6. The van der Waals surface area contributed by atoms with Gasteiger partial charge in [-0.3, -0.25) is 15.6 Å². The summed E-state index contributed by atoms with van der Waals surface area (Å²) in [6, 6.07) is -0.528. The Hall–Kier alpha value is -2.81. The van der Waals surface area contributed by atoms with Crippen molar-refractivity contribution in [2.24, 2.45) is 0 Å². The van der Waals surface area contributed by atoms with Gasteiger partial charge in [0.15, 0.2) is 10.9 Å². The van der Waals surface area contributed by atoms with E-state index in [0.717, 1.165) is 11.3 Å². The molecule has 0 aliphatic carbocycles. The summed E-state index contributed by atoms with van der Waals surface area (Å²) >= 11 is 1.03. The molecule has 8 nitrogen and oxygen atoms in total. The first-order chi connectivity index (χ1) is 10.6. The van der Waals surface area contributed by atoms with Crippen molar-refractivity contribution in [2.45, 2.75) is 6.92 Å². The molecule has 0 saturated carbocycles. The van der Waals surface area contributed by atoms with E-state index in [0.29, 0.717) is 16.4 Å². The van der Waals surface area contributed by atoms with Gasteiger partial charge >= 0.3 is 12.0 Å². The summed E-state index contributed by atoms with van der Waals surface area (Å²) in [5, 5.41) is 5.30. The Morgan fingerprint density at radius 2 is 2.23 bits per heavy atom. The fourth-order valence-corrected chi connectivity index (χ4v) is 2.30. The van der Waals surface area contributed by atoms with Crippen LogP contribution in [0, 0.1) is 6.92 Å². The number of ether oxygens (including phenoxy) is 1. The Labute approximate surface area is 130 Å². The van der Waals surface area contributed by atoms with E-state index in [1.807, 2.05) is 0 Å². The molecule has 0 aromatic carbocycles. The summed E-state index contributed by atoms with van der Waals surface area (Å²) in [5.41, 5.74) is 0.480. The molecule has 0 aliphatic rings. The number of amides is 2. The van der Waals surface area contributed by atoms with Gasteiger partial charge in [-0.05, 0) is 6.92 Å². The van der Waals surface area contributed by atoms with Crippen LogP contribution in [0.25, 0.3) is 0 Å². The summed E-state index contributed by atoms with van der Waals surface area (Å²) in [7, 11) is 0. The highest BCUT2D eigenvalue weighted by Crippen LogP contribution is 2.23. The van der Waals surface area contributed by atoms with Crippen LogP contribution in [-0.2, 0) is 4.74 Å². The Morgan fingerprint density at radius 3 is 2.91 bits per heavy atom. The molecule has 0 aliphatic heterocycles. The molecule has 0 unspecified atom stereocenters. The molecule has 0 bridgehead atoms. The number of carbonyl (C=O) groups excluding carboxylic acids is 2. The average molecular weight is 319 g/mol. The largest absolute Gasteiger partial charge is 0.457 e. The zero-order valence-corrected chi connectivity index (χ0v) is 12.5. The minimum atomic E-state index is -0.528. The van der Waals surface area contributed by atoms with Crippen molar-refractivity contribution in [3.8, 4) is 0 Å². The molecule has 2 rings (SSSR count). The van der Waals surface area contributed by atoms with E-state index >= 15 is 0 Å². The third-order valence-electron chi connectivity index (χ3n) is 2.34. The molecule has 0 fully saturated rings. The number of aromatic nitrogens is 3. The first-order valence-electron chi connectivity index (χ1n) is 6.19. The molecular formula is C13H13N5O3S. The lowest BCUT2D eigenvalue weighted by Crippen LogP contribution is -2.20. The van der Waals surface area contributed by atoms with E-state index in [-0.39, 0.29) is 11.7 Å². The summed E-state index contributed by atoms with van der Waals surface area (Å²) in [6.45, 7) is 5.24. The Kier molecular flexibility index (Phi) is 5.15. The molecule has 0 saturated heterocycles. The number of anilines is 2. The van der Waals surface area contributed by atoms with Crippen LogP contribution in [0.1, 0.15) is 15.4 Å². The van der Waals surface area contributed by atoms with Gasteiger partial charge in [0.2, 0.25) is 0 Å². The SMILES string of the molecule is C=CCOC(=O)c1sc(NC(=O)Nc2cnccn2)nc1C. The summed E-state index contributed by atoms with van der Waals surface area (Å²) in [4.78, 5) is 35.7. The van der Waals surface area contributed by atoms with Gasteiger partial charge in [-0.15, -0.1) is 0 Å². The number of urea groups is 1. The number of nitrogens with one attached hydrogen (secondary N) is 2. The second-order valence-corrected chi connectivity index (χ2v) is 4.99. The summed E-state index contributed by atoms with van der Waals surface area (Å²) < 4.78 is 4.94. The zero-order chi connectivity index (χ0) is 15.9. The number of thiazole rings is 1. The molecule has 2 amide bonds. The van der Waals surface area contributed by atoms with Crippen LogP contribution < -0.4 is 10.6 Å². The van der Waals surface area contributed by atoms with E-state index in [4.69, 9.17) is 4.74 Å². The number of aryl methyl sites for hydroxylation is 1. The maximum Gasteiger partial charge on any atom is 0.350 e. The van der Waals surface area contributed by atoms with Gasteiger partial charge in [0.25, 0.3) is 0 Å². The number of hydrogen-bond acceptors (Lipinski definition) is 7. The van der Waals surface area contributed by atoms with E-state index < -0.39 is 12.0 Å². The van der Waals surface area contributed by atoms with Crippen molar-refractivity contribution in [1.82, 2.24) is 15.0 Å². The second-order valence-electron chi connectivity index (χ2n) is 3.99. The molecule has 9 heteroatoms. The summed E-state index contributed by atoms with van der Waals surface area (Å²) in [5.74, 6) is -0.198. The van der Waals surface area contributed by atoms with E-state index in [1.54, 1.807) is 6.92 Å². The van der Waals surface area contributed by atoms with Crippen LogP contribution in [0.3, 0.4) is 0 Å². The lowest BCUT2D eigenvalue weighted by atomic mass is 10.4. The lowest BCUT2D eigenvalue weighted by molar-refractivity contribution is 0.0554. The molecule has 22 heavy (non-hydrogen) atoms. The van der Waals surface area contributed by atoms with Crippen molar-refractivity contribution in [1.29, 1.82) is 0 Å². The normalized spacial score (nSPS) is 9.86. The molecule has 114 valence electrons. The van der Waals surface area contributed by atoms with Crippen LogP contribution in [-0.4, -0.2) is 33.6 Å². The smallest absolute Gasteiger partial charge is 0.350 e. The van der Waals surface area contributed by atoms with Crippen molar-refractivity contribution in [3.63, 3.8) is 0 Å².